The standard InChI is InChI=1S/C17H17Cl3/c1-2-3-4-12-5-7-13(8-6-12)17(20)15-10-9-14(18)11-16(15)19/h5-11,17H,2-4H2,1H3. The SMILES string of the molecule is CCCCc1ccc(C(Cl)c2ccc(Cl)cc2Cl)cc1. The first kappa shape index (κ1) is 15.7. The Bertz CT molecular complexity index is 561. The number of hydrogen-bond acceptors (Lipinski definition) is 0. The maximum Gasteiger partial charge on any atom is 0.0849 e. The van der Waals surface area contributed by atoms with E-state index in [1.54, 1.807) is 6.07 Å². The third kappa shape index (κ3) is 3.91. The van der Waals surface area contributed by atoms with Crippen molar-refractivity contribution in [3.63, 3.8) is 0 Å². The molecular formula is C17H17Cl3. The lowest BCUT2D eigenvalue weighted by Gasteiger charge is -2.13. The predicted octanol–water partition coefficient (Wildman–Crippen LogP) is 6.66. The van der Waals surface area contributed by atoms with Crippen molar-refractivity contribution in [3.8, 4) is 0 Å². The van der Waals surface area contributed by atoms with Gasteiger partial charge in [-0.2, -0.15) is 0 Å². The second kappa shape index (κ2) is 7.36. The van der Waals surface area contributed by atoms with E-state index >= 15 is 0 Å². The molecule has 0 N–H and O–H groups in total. The van der Waals surface area contributed by atoms with Gasteiger partial charge in [-0.25, -0.2) is 0 Å². The first-order chi connectivity index (χ1) is 9.61. The van der Waals surface area contributed by atoms with Gasteiger partial charge in [-0.3, -0.25) is 0 Å². The van der Waals surface area contributed by atoms with Gasteiger partial charge in [-0.1, -0.05) is 66.9 Å². The third-order valence-corrected chi connectivity index (χ3v) is 4.38. The molecule has 1 atom stereocenters. The Balaban J connectivity index is 2.18. The first-order valence-electron chi connectivity index (χ1n) is 6.79. The molecular weight excluding hydrogens is 311 g/mol. The van der Waals surface area contributed by atoms with Crippen LogP contribution in [0.1, 0.15) is 41.8 Å². The second-order valence-corrected chi connectivity index (χ2v) is 6.15. The molecule has 1 unspecified atom stereocenters. The lowest BCUT2D eigenvalue weighted by Crippen LogP contribution is -1.95. The fourth-order valence-corrected chi connectivity index (χ4v) is 3.03. The summed E-state index contributed by atoms with van der Waals surface area (Å²) >= 11 is 18.6. The molecule has 2 aromatic rings. The van der Waals surface area contributed by atoms with Crippen LogP contribution in [0.25, 0.3) is 0 Å². The molecule has 0 nitrogen and oxygen atoms in total. The fourth-order valence-electron chi connectivity index (χ4n) is 2.12. The number of rotatable bonds is 5. The zero-order chi connectivity index (χ0) is 14.5. The molecule has 20 heavy (non-hydrogen) atoms. The maximum atomic E-state index is 6.52. The van der Waals surface area contributed by atoms with E-state index in [1.807, 2.05) is 12.1 Å². The zero-order valence-electron chi connectivity index (χ0n) is 11.4. The molecule has 0 bridgehead atoms. The van der Waals surface area contributed by atoms with Crippen LogP contribution >= 0.6 is 34.8 Å². The number of alkyl halides is 1. The van der Waals surface area contributed by atoms with E-state index in [-0.39, 0.29) is 5.38 Å². The molecule has 0 aliphatic carbocycles. The summed E-state index contributed by atoms with van der Waals surface area (Å²) in [5.41, 5.74) is 3.29. The molecule has 0 fully saturated rings. The Morgan fingerprint density at radius 1 is 1.00 bits per heavy atom. The molecule has 2 rings (SSSR count). The van der Waals surface area contributed by atoms with E-state index in [9.17, 15) is 0 Å². The summed E-state index contributed by atoms with van der Waals surface area (Å²) in [6, 6.07) is 13.9. The summed E-state index contributed by atoms with van der Waals surface area (Å²) in [5.74, 6) is 0. The van der Waals surface area contributed by atoms with Crippen molar-refractivity contribution in [2.75, 3.05) is 0 Å². The van der Waals surface area contributed by atoms with Crippen LogP contribution in [0, 0.1) is 0 Å². The van der Waals surface area contributed by atoms with E-state index < -0.39 is 0 Å². The molecule has 0 aliphatic heterocycles. The summed E-state index contributed by atoms with van der Waals surface area (Å²) in [5, 5.41) is 0.977. The summed E-state index contributed by atoms with van der Waals surface area (Å²) in [7, 11) is 0. The number of unbranched alkanes of at least 4 members (excludes halogenated alkanes) is 1. The summed E-state index contributed by atoms with van der Waals surface area (Å²) in [4.78, 5) is 0. The van der Waals surface area contributed by atoms with E-state index in [0.717, 1.165) is 17.5 Å². The minimum absolute atomic E-state index is 0.250. The van der Waals surface area contributed by atoms with E-state index in [0.29, 0.717) is 10.0 Å². The Hall–Kier alpha value is -0.690. The van der Waals surface area contributed by atoms with E-state index in [2.05, 4.69) is 31.2 Å². The molecule has 106 valence electrons. The Morgan fingerprint density at radius 3 is 2.30 bits per heavy atom. The predicted molar refractivity (Wildman–Crippen MR) is 89.2 cm³/mol. The number of benzene rings is 2. The van der Waals surface area contributed by atoms with Crippen LogP contribution in [0.15, 0.2) is 42.5 Å². The van der Waals surface area contributed by atoms with Gasteiger partial charge in [0.05, 0.1) is 5.38 Å². The zero-order valence-corrected chi connectivity index (χ0v) is 13.6. The molecule has 0 amide bonds. The summed E-state index contributed by atoms with van der Waals surface area (Å²) in [6.45, 7) is 2.20. The van der Waals surface area contributed by atoms with Gasteiger partial charge in [-0.15, -0.1) is 11.6 Å². The highest BCUT2D eigenvalue weighted by Gasteiger charge is 2.14. The Morgan fingerprint density at radius 2 is 1.70 bits per heavy atom. The van der Waals surface area contributed by atoms with Gasteiger partial charge in [-0.05, 0) is 41.7 Å². The minimum Gasteiger partial charge on any atom is -0.113 e. The minimum atomic E-state index is -0.250. The maximum absolute atomic E-state index is 6.52. The van der Waals surface area contributed by atoms with Crippen molar-refractivity contribution >= 4 is 34.8 Å². The van der Waals surface area contributed by atoms with Gasteiger partial charge in [0.2, 0.25) is 0 Å². The van der Waals surface area contributed by atoms with Gasteiger partial charge in [0.15, 0.2) is 0 Å². The quantitative estimate of drug-likeness (QED) is 0.538. The lowest BCUT2D eigenvalue weighted by molar-refractivity contribution is 0.794. The fraction of sp³-hybridized carbons (Fsp3) is 0.294. The van der Waals surface area contributed by atoms with Gasteiger partial charge in [0, 0.05) is 10.0 Å². The van der Waals surface area contributed by atoms with Crippen LogP contribution in [0.2, 0.25) is 10.0 Å². The molecule has 0 aliphatic rings. The summed E-state index contributed by atoms with van der Waals surface area (Å²) < 4.78 is 0. The average molecular weight is 328 g/mol. The van der Waals surface area contributed by atoms with Crippen LogP contribution < -0.4 is 0 Å². The number of halogens is 3. The smallest absolute Gasteiger partial charge is 0.0849 e. The highest BCUT2D eigenvalue weighted by molar-refractivity contribution is 6.36. The van der Waals surface area contributed by atoms with Crippen molar-refractivity contribution in [1.29, 1.82) is 0 Å². The highest BCUT2D eigenvalue weighted by atomic mass is 35.5. The Kier molecular flexibility index (Phi) is 5.77. The molecule has 0 heterocycles. The summed E-state index contributed by atoms with van der Waals surface area (Å²) in [6.07, 6.45) is 3.54. The number of hydrogen-bond donors (Lipinski definition) is 0. The van der Waals surface area contributed by atoms with E-state index in [4.69, 9.17) is 34.8 Å². The Labute approximate surface area is 135 Å². The molecule has 2 aromatic carbocycles. The van der Waals surface area contributed by atoms with Gasteiger partial charge >= 0.3 is 0 Å². The molecule has 0 saturated carbocycles. The molecule has 0 aromatic heterocycles. The van der Waals surface area contributed by atoms with Crippen LogP contribution in [0.3, 0.4) is 0 Å². The first-order valence-corrected chi connectivity index (χ1v) is 7.99. The normalized spacial score (nSPS) is 12.4. The van der Waals surface area contributed by atoms with Crippen LogP contribution in [0.4, 0.5) is 0 Å². The molecule has 0 radical (unpaired) electrons. The van der Waals surface area contributed by atoms with Crippen LogP contribution in [-0.2, 0) is 6.42 Å². The van der Waals surface area contributed by atoms with E-state index in [1.165, 1.54) is 18.4 Å². The van der Waals surface area contributed by atoms with Crippen molar-refractivity contribution in [2.45, 2.75) is 31.6 Å². The van der Waals surface area contributed by atoms with Crippen molar-refractivity contribution < 1.29 is 0 Å². The van der Waals surface area contributed by atoms with Crippen molar-refractivity contribution in [1.82, 2.24) is 0 Å². The molecule has 0 saturated heterocycles. The average Bonchev–Trinajstić information content (AvgIpc) is 2.45. The second-order valence-electron chi connectivity index (χ2n) is 4.87. The monoisotopic (exact) mass is 326 g/mol. The van der Waals surface area contributed by atoms with Gasteiger partial charge < -0.3 is 0 Å². The van der Waals surface area contributed by atoms with Gasteiger partial charge in [0.1, 0.15) is 0 Å². The topological polar surface area (TPSA) is 0 Å². The van der Waals surface area contributed by atoms with Crippen molar-refractivity contribution in [2.24, 2.45) is 0 Å². The lowest BCUT2D eigenvalue weighted by atomic mass is 10.0. The molecule has 3 heteroatoms. The third-order valence-electron chi connectivity index (χ3n) is 3.33. The largest absolute Gasteiger partial charge is 0.113 e. The number of aryl methyl sites for hydroxylation is 1. The van der Waals surface area contributed by atoms with Crippen LogP contribution in [0.5, 0.6) is 0 Å². The van der Waals surface area contributed by atoms with Crippen LogP contribution in [-0.4, -0.2) is 0 Å². The molecule has 0 spiro atoms. The highest BCUT2D eigenvalue weighted by Crippen LogP contribution is 2.35. The van der Waals surface area contributed by atoms with Gasteiger partial charge in [0.25, 0.3) is 0 Å². The van der Waals surface area contributed by atoms with Crippen molar-refractivity contribution in [3.05, 3.63) is 69.2 Å².